The molecule has 1 aliphatic carbocycles. The van der Waals surface area contributed by atoms with Crippen molar-refractivity contribution in [1.82, 2.24) is 4.98 Å². The Hall–Kier alpha value is -1.52. The van der Waals surface area contributed by atoms with Crippen LogP contribution in [0.3, 0.4) is 0 Å². The first-order chi connectivity index (χ1) is 11.2. The van der Waals surface area contributed by atoms with Gasteiger partial charge in [-0.2, -0.15) is 0 Å². The third kappa shape index (κ3) is 3.88. The van der Waals surface area contributed by atoms with E-state index in [1.54, 1.807) is 11.8 Å². The molecule has 23 heavy (non-hydrogen) atoms. The number of esters is 1. The molecule has 2 aromatic rings. The second-order valence-electron chi connectivity index (χ2n) is 5.59. The molecule has 0 saturated heterocycles. The molecule has 3 rings (SSSR count). The van der Waals surface area contributed by atoms with Gasteiger partial charge >= 0.3 is 5.97 Å². The molecule has 0 radical (unpaired) electrons. The molecule has 0 spiro atoms. The van der Waals surface area contributed by atoms with E-state index in [0.29, 0.717) is 5.15 Å². The average molecular weight is 348 g/mol. The van der Waals surface area contributed by atoms with Crippen molar-refractivity contribution < 1.29 is 9.53 Å². The van der Waals surface area contributed by atoms with Crippen LogP contribution < -0.4 is 0 Å². The standard InChI is InChI=1S/C18H18ClNO2S/c1-23-15-8-7-13-9-14(17(19)20-16(13)10-15)11-22-18(21)12-5-3-2-4-6-12/h2-3,7-10,12H,4-6,11H2,1H3/t12-/m1/s1. The van der Waals surface area contributed by atoms with Gasteiger partial charge in [0.15, 0.2) is 0 Å². The van der Waals surface area contributed by atoms with Gasteiger partial charge in [0.2, 0.25) is 0 Å². The van der Waals surface area contributed by atoms with Crippen LogP contribution in [0.4, 0.5) is 0 Å². The lowest BCUT2D eigenvalue weighted by Gasteiger charge is -2.16. The lowest BCUT2D eigenvalue weighted by atomic mass is 9.95. The topological polar surface area (TPSA) is 39.2 Å². The highest BCUT2D eigenvalue weighted by Crippen LogP contribution is 2.26. The molecule has 1 aromatic carbocycles. The first-order valence-corrected chi connectivity index (χ1v) is 9.22. The monoisotopic (exact) mass is 347 g/mol. The summed E-state index contributed by atoms with van der Waals surface area (Å²) in [5, 5.41) is 1.39. The summed E-state index contributed by atoms with van der Waals surface area (Å²) in [5.41, 5.74) is 1.60. The molecule has 0 saturated carbocycles. The summed E-state index contributed by atoms with van der Waals surface area (Å²) in [6.45, 7) is 0.172. The number of nitrogens with zero attached hydrogens (tertiary/aromatic N) is 1. The molecule has 0 aliphatic heterocycles. The minimum atomic E-state index is -0.150. The second-order valence-corrected chi connectivity index (χ2v) is 6.82. The van der Waals surface area contributed by atoms with Crippen LogP contribution in [0.2, 0.25) is 5.15 Å². The van der Waals surface area contributed by atoms with Gasteiger partial charge in [-0.25, -0.2) is 4.98 Å². The van der Waals surface area contributed by atoms with Gasteiger partial charge in [-0.3, -0.25) is 4.79 Å². The van der Waals surface area contributed by atoms with Crippen LogP contribution in [0.5, 0.6) is 0 Å². The summed E-state index contributed by atoms with van der Waals surface area (Å²) in [7, 11) is 0. The molecule has 0 bridgehead atoms. The maximum Gasteiger partial charge on any atom is 0.309 e. The summed E-state index contributed by atoms with van der Waals surface area (Å²) >= 11 is 7.91. The van der Waals surface area contributed by atoms with Crippen molar-refractivity contribution in [3.63, 3.8) is 0 Å². The number of pyridine rings is 1. The fourth-order valence-corrected chi connectivity index (χ4v) is 3.30. The van der Waals surface area contributed by atoms with Crippen molar-refractivity contribution in [2.45, 2.75) is 30.8 Å². The van der Waals surface area contributed by atoms with Gasteiger partial charge in [0.25, 0.3) is 0 Å². The lowest BCUT2D eigenvalue weighted by Crippen LogP contribution is -2.18. The highest BCUT2D eigenvalue weighted by molar-refractivity contribution is 7.98. The number of ether oxygens (including phenoxy) is 1. The molecule has 1 atom stereocenters. The van der Waals surface area contributed by atoms with Crippen LogP contribution in [0.1, 0.15) is 24.8 Å². The van der Waals surface area contributed by atoms with Gasteiger partial charge in [0, 0.05) is 15.8 Å². The predicted molar refractivity (Wildman–Crippen MR) is 94.8 cm³/mol. The van der Waals surface area contributed by atoms with Crippen LogP contribution in [0.15, 0.2) is 41.3 Å². The van der Waals surface area contributed by atoms with Crippen LogP contribution >= 0.6 is 23.4 Å². The van der Waals surface area contributed by atoms with Crippen LogP contribution in [0, 0.1) is 5.92 Å². The first kappa shape index (κ1) is 16.3. The normalized spacial score (nSPS) is 17.4. The van der Waals surface area contributed by atoms with E-state index in [2.05, 4.69) is 11.1 Å². The number of aromatic nitrogens is 1. The number of fused-ring (bicyclic) bond motifs is 1. The van der Waals surface area contributed by atoms with Crippen molar-refractivity contribution in [3.05, 3.63) is 47.1 Å². The van der Waals surface area contributed by atoms with E-state index in [9.17, 15) is 4.79 Å². The minimum absolute atomic E-state index is 0.0312. The van der Waals surface area contributed by atoms with E-state index in [4.69, 9.17) is 16.3 Å². The number of carbonyl (C=O) groups is 1. The first-order valence-electron chi connectivity index (χ1n) is 7.62. The minimum Gasteiger partial charge on any atom is -0.460 e. The molecular formula is C18H18ClNO2S. The number of hydrogen-bond acceptors (Lipinski definition) is 4. The molecule has 0 unspecified atom stereocenters. The summed E-state index contributed by atoms with van der Waals surface area (Å²) < 4.78 is 5.44. The fourth-order valence-electron chi connectivity index (χ4n) is 2.67. The van der Waals surface area contributed by atoms with Crippen LogP contribution in [0.25, 0.3) is 10.9 Å². The zero-order valence-corrected chi connectivity index (χ0v) is 14.5. The van der Waals surface area contributed by atoms with Gasteiger partial charge in [0.05, 0.1) is 11.4 Å². The van der Waals surface area contributed by atoms with Crippen molar-refractivity contribution in [3.8, 4) is 0 Å². The SMILES string of the molecule is CSc1ccc2cc(COC(=O)[C@@H]3CC=CCC3)c(Cl)nc2c1. The Kier molecular flexibility index (Phi) is 5.23. The average Bonchev–Trinajstić information content (AvgIpc) is 2.60. The molecule has 0 fully saturated rings. The van der Waals surface area contributed by atoms with E-state index in [1.165, 1.54) is 0 Å². The van der Waals surface area contributed by atoms with E-state index < -0.39 is 0 Å². The summed E-state index contributed by atoms with van der Waals surface area (Å²) in [6.07, 6.45) is 8.74. The summed E-state index contributed by atoms with van der Waals surface area (Å²) in [4.78, 5) is 17.7. The van der Waals surface area contributed by atoms with Crippen LogP contribution in [-0.2, 0) is 16.1 Å². The van der Waals surface area contributed by atoms with Gasteiger partial charge in [-0.15, -0.1) is 11.8 Å². The van der Waals surface area contributed by atoms with E-state index in [0.717, 1.165) is 40.6 Å². The zero-order valence-electron chi connectivity index (χ0n) is 12.9. The molecule has 1 aliphatic rings. The van der Waals surface area contributed by atoms with E-state index in [-0.39, 0.29) is 18.5 Å². The van der Waals surface area contributed by atoms with Gasteiger partial charge in [0.1, 0.15) is 11.8 Å². The Morgan fingerprint density at radius 1 is 1.39 bits per heavy atom. The van der Waals surface area contributed by atoms with E-state index >= 15 is 0 Å². The largest absolute Gasteiger partial charge is 0.460 e. The Morgan fingerprint density at radius 3 is 3.00 bits per heavy atom. The van der Waals surface area contributed by atoms with Crippen molar-refractivity contribution >= 4 is 40.2 Å². The number of rotatable bonds is 4. The Bertz CT molecular complexity index is 760. The highest BCUT2D eigenvalue weighted by atomic mass is 35.5. The summed E-state index contributed by atoms with van der Waals surface area (Å²) in [6, 6.07) is 8.02. The number of allylic oxidation sites excluding steroid dienone is 2. The maximum atomic E-state index is 12.1. The zero-order chi connectivity index (χ0) is 16.2. The third-order valence-electron chi connectivity index (χ3n) is 4.02. The number of carbonyl (C=O) groups excluding carboxylic acids is 1. The number of hydrogen-bond donors (Lipinski definition) is 0. The molecule has 0 N–H and O–H groups in total. The molecule has 120 valence electrons. The fraction of sp³-hybridized carbons (Fsp3) is 0.333. The number of thioether (sulfide) groups is 1. The molecule has 5 heteroatoms. The number of benzene rings is 1. The van der Waals surface area contributed by atoms with Gasteiger partial charge < -0.3 is 4.74 Å². The Labute approximate surface area is 145 Å². The van der Waals surface area contributed by atoms with Gasteiger partial charge in [-0.05, 0) is 43.7 Å². The Balaban J connectivity index is 1.73. The number of halogens is 1. The smallest absolute Gasteiger partial charge is 0.309 e. The summed E-state index contributed by atoms with van der Waals surface area (Å²) in [5.74, 6) is -0.181. The molecule has 1 heterocycles. The lowest BCUT2D eigenvalue weighted by molar-refractivity contribution is -0.150. The van der Waals surface area contributed by atoms with Crippen molar-refractivity contribution in [1.29, 1.82) is 0 Å². The quantitative estimate of drug-likeness (QED) is 0.337. The van der Waals surface area contributed by atoms with E-state index in [1.807, 2.05) is 36.6 Å². The van der Waals surface area contributed by atoms with Gasteiger partial charge in [-0.1, -0.05) is 29.8 Å². The predicted octanol–water partition coefficient (Wildman–Crippen LogP) is 5.01. The third-order valence-corrected chi connectivity index (χ3v) is 5.08. The molecule has 3 nitrogen and oxygen atoms in total. The maximum absolute atomic E-state index is 12.1. The van der Waals surface area contributed by atoms with Crippen LogP contribution in [-0.4, -0.2) is 17.2 Å². The van der Waals surface area contributed by atoms with Crippen molar-refractivity contribution in [2.75, 3.05) is 6.26 Å². The molecule has 1 aromatic heterocycles. The molecular weight excluding hydrogens is 330 g/mol. The Morgan fingerprint density at radius 2 is 2.26 bits per heavy atom. The van der Waals surface area contributed by atoms with Crippen molar-refractivity contribution in [2.24, 2.45) is 5.92 Å². The highest BCUT2D eigenvalue weighted by Gasteiger charge is 2.20. The second kappa shape index (κ2) is 7.37. The molecule has 0 amide bonds.